The third-order valence-electron chi connectivity index (χ3n) is 5.66. The number of nitrogens with one attached hydrogen (secondary N) is 2. The van der Waals surface area contributed by atoms with Gasteiger partial charge in [-0.2, -0.15) is 0 Å². The number of nitrogens with zero attached hydrogens (tertiary/aromatic N) is 2. The number of ketones is 1. The Morgan fingerprint density at radius 3 is 2.44 bits per heavy atom. The number of carbonyl (C=O) groups is 2. The van der Waals surface area contributed by atoms with Crippen LogP contribution in [0.5, 0.6) is 5.75 Å². The van der Waals surface area contributed by atoms with E-state index in [1.165, 1.54) is 43.6 Å². The Hall–Kier alpha value is -3.49. The number of anilines is 1. The number of hydrogen-bond donors (Lipinski definition) is 2. The molecule has 7 nitrogen and oxygen atoms in total. The van der Waals surface area contributed by atoms with Gasteiger partial charge < -0.3 is 15.0 Å². The summed E-state index contributed by atoms with van der Waals surface area (Å²) >= 11 is 12.0. The Morgan fingerprint density at radius 2 is 1.86 bits per heavy atom. The molecule has 1 saturated heterocycles. The average molecular weight is 531 g/mol. The third-order valence-corrected chi connectivity index (χ3v) is 6.10. The molecule has 1 fully saturated rings. The number of carbonyl (C=O) groups excluding carboxylic acids is 2. The predicted molar refractivity (Wildman–Crippen MR) is 139 cm³/mol. The summed E-state index contributed by atoms with van der Waals surface area (Å²) in [5.74, 6) is -1.16. The van der Waals surface area contributed by atoms with Gasteiger partial charge in [0, 0.05) is 47.4 Å². The molecule has 3 aromatic rings. The second-order valence-corrected chi connectivity index (χ2v) is 8.81. The van der Waals surface area contributed by atoms with Crippen molar-refractivity contribution >= 4 is 46.5 Å². The lowest BCUT2D eigenvalue weighted by molar-refractivity contribution is 0.0987. The Morgan fingerprint density at radius 1 is 1.11 bits per heavy atom. The van der Waals surface area contributed by atoms with E-state index in [9.17, 15) is 14.0 Å². The summed E-state index contributed by atoms with van der Waals surface area (Å²) in [6.45, 7) is 1.52. The normalized spacial score (nSPS) is 12.3. The van der Waals surface area contributed by atoms with Crippen molar-refractivity contribution < 1.29 is 18.7 Å². The molecular weight excluding hydrogens is 506 g/mol. The zero-order valence-corrected chi connectivity index (χ0v) is 20.2. The Labute approximate surface area is 218 Å². The molecule has 1 aliphatic rings. The summed E-state index contributed by atoms with van der Waals surface area (Å²) in [5.41, 5.74) is 0.604. The molecule has 36 heavy (non-hydrogen) atoms. The van der Waals surface area contributed by atoms with Gasteiger partial charge in [-0.05, 0) is 42.8 Å². The monoisotopic (exact) mass is 530 g/mol. The van der Waals surface area contributed by atoms with Gasteiger partial charge >= 0.3 is 0 Å². The molecule has 0 spiro atoms. The van der Waals surface area contributed by atoms with E-state index in [2.05, 4.69) is 10.3 Å². The van der Waals surface area contributed by atoms with Crippen molar-refractivity contribution in [2.45, 2.75) is 20.3 Å². The van der Waals surface area contributed by atoms with E-state index in [0.29, 0.717) is 10.6 Å². The molecule has 0 bridgehead atoms. The Kier molecular flexibility index (Phi) is 8.66. The average Bonchev–Trinajstić information content (AvgIpc) is 2.79. The molecule has 0 atom stereocenters. The van der Waals surface area contributed by atoms with Gasteiger partial charge in [0.1, 0.15) is 23.2 Å². The van der Waals surface area contributed by atoms with Crippen LogP contribution >= 0.6 is 23.2 Å². The molecule has 2 heterocycles. The van der Waals surface area contributed by atoms with Crippen LogP contribution in [0.25, 0.3) is 0 Å². The van der Waals surface area contributed by atoms with Gasteiger partial charge in [-0.15, -0.1) is 0 Å². The Bertz CT molecular complexity index is 1310. The number of halogens is 3. The second-order valence-electron chi connectivity index (χ2n) is 7.93. The van der Waals surface area contributed by atoms with Crippen molar-refractivity contribution in [3.63, 3.8) is 0 Å². The molecule has 10 heteroatoms. The van der Waals surface area contributed by atoms with E-state index in [1.807, 2.05) is 4.90 Å². The zero-order valence-electron chi connectivity index (χ0n) is 18.7. The van der Waals surface area contributed by atoms with E-state index in [1.54, 1.807) is 12.1 Å². The number of amides is 1. The largest absolute Gasteiger partial charge is 0.496 e. The van der Waals surface area contributed by atoms with Gasteiger partial charge in [-0.1, -0.05) is 36.7 Å². The van der Waals surface area contributed by atoms with Crippen LogP contribution in [0.4, 0.5) is 10.2 Å². The van der Waals surface area contributed by atoms with E-state index < -0.39 is 17.5 Å². The van der Waals surface area contributed by atoms with Crippen LogP contribution in [0.15, 0.2) is 48.7 Å². The summed E-state index contributed by atoms with van der Waals surface area (Å²) in [7, 11) is 1.39. The van der Waals surface area contributed by atoms with Crippen LogP contribution in [0.1, 0.15) is 45.7 Å². The number of hydrogen-bond acceptors (Lipinski definition) is 5. The molecule has 0 saturated carbocycles. The summed E-state index contributed by atoms with van der Waals surface area (Å²) in [6, 6.07) is 10.1. The summed E-state index contributed by atoms with van der Waals surface area (Å²) in [5, 5.41) is 11.5. The molecular formula is C26H25Cl2FN4O3. The van der Waals surface area contributed by atoms with Gasteiger partial charge in [0.25, 0.3) is 5.91 Å². The van der Waals surface area contributed by atoms with Crippen molar-refractivity contribution in [3.05, 3.63) is 86.8 Å². The quantitative estimate of drug-likeness (QED) is 0.226. The maximum Gasteiger partial charge on any atom is 0.257 e. The first-order valence-corrected chi connectivity index (χ1v) is 11.5. The molecule has 188 valence electrons. The van der Waals surface area contributed by atoms with Crippen LogP contribution in [0.2, 0.25) is 10.0 Å². The molecule has 2 aromatic carbocycles. The minimum Gasteiger partial charge on any atom is -0.496 e. The maximum atomic E-state index is 14.9. The highest BCUT2D eigenvalue weighted by atomic mass is 35.5. The Balaban J connectivity index is 0.00000361. The van der Waals surface area contributed by atoms with Crippen LogP contribution in [-0.4, -0.2) is 47.6 Å². The van der Waals surface area contributed by atoms with Crippen molar-refractivity contribution in [3.8, 4) is 5.75 Å². The highest BCUT2D eigenvalue weighted by Gasteiger charge is 2.24. The van der Waals surface area contributed by atoms with Gasteiger partial charge in [0.15, 0.2) is 5.78 Å². The van der Waals surface area contributed by atoms with Gasteiger partial charge in [0.05, 0.1) is 17.7 Å². The summed E-state index contributed by atoms with van der Waals surface area (Å²) in [6.07, 6.45) is 2.07. The highest BCUT2D eigenvalue weighted by molar-refractivity contribution is 6.31. The molecule has 4 rings (SSSR count). The first-order chi connectivity index (χ1) is 16.8. The molecule has 0 radical (unpaired) electrons. The van der Waals surface area contributed by atoms with Gasteiger partial charge in [-0.3, -0.25) is 15.0 Å². The fraction of sp³-hybridized carbons (Fsp3) is 0.231. The third kappa shape index (κ3) is 5.83. The molecule has 0 unspecified atom stereocenters. The molecule has 1 aliphatic heterocycles. The number of likely N-dealkylation sites (tertiary alicyclic amines) is 1. The SMILES string of the molecule is C.COc1cc(Cl)cc(C(=O)Nc2ccc(Cl)cn2)c1CC(=O)c1ccc(C(=N)N2CCC2)cc1F. The number of Topliss-reactive ketones (excluding diaryl/α,β-unsaturated/α-hetero) is 1. The highest BCUT2D eigenvalue weighted by Crippen LogP contribution is 2.30. The van der Waals surface area contributed by atoms with Crippen LogP contribution < -0.4 is 10.1 Å². The first-order valence-electron chi connectivity index (χ1n) is 10.7. The lowest BCUT2D eigenvalue weighted by Crippen LogP contribution is -2.42. The zero-order chi connectivity index (χ0) is 25.1. The number of benzene rings is 2. The van der Waals surface area contributed by atoms with E-state index >= 15 is 0 Å². The van der Waals surface area contributed by atoms with Crippen molar-refractivity contribution in [2.24, 2.45) is 0 Å². The molecule has 0 aliphatic carbocycles. The van der Waals surface area contributed by atoms with Crippen molar-refractivity contribution in [1.29, 1.82) is 5.41 Å². The fourth-order valence-electron chi connectivity index (χ4n) is 3.68. The van der Waals surface area contributed by atoms with E-state index in [0.717, 1.165) is 19.5 Å². The fourth-order valence-corrected chi connectivity index (χ4v) is 4.00. The topological polar surface area (TPSA) is 95.4 Å². The number of methoxy groups -OCH3 is 1. The second kappa shape index (κ2) is 11.5. The van der Waals surface area contributed by atoms with Gasteiger partial charge in [-0.25, -0.2) is 9.37 Å². The van der Waals surface area contributed by atoms with Gasteiger partial charge in [0.2, 0.25) is 0 Å². The minimum absolute atomic E-state index is 0. The first kappa shape index (κ1) is 27.1. The molecule has 1 amide bonds. The standard InChI is InChI=1S/C25H21Cl2FN4O3.CH4/c1-35-22-11-16(27)10-19(25(34)31-23-6-4-15(26)13-30-23)18(22)12-21(33)17-5-3-14(9-20(17)28)24(29)32-7-2-8-32;/h3-6,9-11,13,29H,2,7-8,12H2,1H3,(H,30,31,34);1H4. The lowest BCUT2D eigenvalue weighted by Gasteiger charge is -2.33. The molecule has 2 N–H and O–H groups in total. The van der Waals surface area contributed by atoms with Crippen molar-refractivity contribution in [1.82, 2.24) is 9.88 Å². The van der Waals surface area contributed by atoms with Crippen LogP contribution in [0, 0.1) is 11.2 Å². The summed E-state index contributed by atoms with van der Waals surface area (Å²) in [4.78, 5) is 32.0. The van der Waals surface area contributed by atoms with E-state index in [4.69, 9.17) is 33.3 Å². The molecule has 1 aromatic heterocycles. The van der Waals surface area contributed by atoms with Crippen LogP contribution in [-0.2, 0) is 6.42 Å². The van der Waals surface area contributed by atoms with Crippen LogP contribution in [0.3, 0.4) is 0 Å². The number of amidine groups is 1. The number of rotatable bonds is 7. The predicted octanol–water partition coefficient (Wildman–Crippen LogP) is 5.88. The maximum absolute atomic E-state index is 14.9. The van der Waals surface area contributed by atoms with E-state index in [-0.39, 0.29) is 53.0 Å². The number of ether oxygens (including phenoxy) is 1. The number of aromatic nitrogens is 1. The number of pyridine rings is 1. The smallest absolute Gasteiger partial charge is 0.257 e. The minimum atomic E-state index is -0.734. The lowest BCUT2D eigenvalue weighted by atomic mass is 9.96. The summed E-state index contributed by atoms with van der Waals surface area (Å²) < 4.78 is 20.3. The van der Waals surface area contributed by atoms with Crippen molar-refractivity contribution in [2.75, 3.05) is 25.5 Å².